The van der Waals surface area contributed by atoms with Crippen LogP contribution < -0.4 is 0 Å². The van der Waals surface area contributed by atoms with Crippen molar-refractivity contribution < 1.29 is 32.4 Å². The number of carbonyl (C=O) groups is 2. The van der Waals surface area contributed by atoms with E-state index < -0.39 is 39.6 Å². The first-order valence-electron chi connectivity index (χ1n) is 10.8. The number of aliphatic hydroxyl groups is 2. The number of carbonyl (C=O) groups excluding carboxylic acids is 2. The molecule has 3 fully saturated rings. The minimum atomic E-state index is -3.77. The molecule has 0 aliphatic heterocycles. The number of fused-ring (bicyclic) bond motifs is 5. The Morgan fingerprint density at radius 2 is 1.93 bits per heavy atom. The predicted octanol–water partition coefficient (Wildman–Crippen LogP) is 1.77. The number of aliphatic hydroxyl groups excluding tert-OH is 1. The number of rotatable bonds is 4. The third-order valence-corrected chi connectivity index (χ3v) is 9.53. The highest BCUT2D eigenvalue weighted by Crippen LogP contribution is 2.68. The molecule has 0 aromatic carbocycles. The minimum Gasteiger partial charge on any atom is -0.388 e. The first kappa shape index (κ1) is 22.1. The molecular formula is C22H32O7S. The van der Waals surface area contributed by atoms with E-state index in [0.717, 1.165) is 24.7 Å². The molecule has 0 aromatic rings. The van der Waals surface area contributed by atoms with Crippen molar-refractivity contribution >= 4 is 21.7 Å². The van der Waals surface area contributed by atoms with Crippen molar-refractivity contribution in [3.63, 3.8) is 0 Å². The van der Waals surface area contributed by atoms with Gasteiger partial charge in [-0.3, -0.25) is 13.8 Å². The van der Waals surface area contributed by atoms with E-state index >= 15 is 0 Å². The Morgan fingerprint density at radius 1 is 1.23 bits per heavy atom. The Balaban J connectivity index is 1.82. The van der Waals surface area contributed by atoms with Gasteiger partial charge in [0, 0.05) is 11.8 Å². The molecule has 3 saturated carbocycles. The van der Waals surface area contributed by atoms with Crippen molar-refractivity contribution in [3.8, 4) is 0 Å². The van der Waals surface area contributed by atoms with E-state index in [4.69, 9.17) is 4.18 Å². The Bertz CT molecular complexity index is 908. The lowest BCUT2D eigenvalue weighted by Crippen LogP contribution is -2.62. The van der Waals surface area contributed by atoms with Crippen LogP contribution in [-0.4, -0.2) is 54.8 Å². The van der Waals surface area contributed by atoms with Crippen LogP contribution in [0.3, 0.4) is 0 Å². The maximum absolute atomic E-state index is 12.6. The average Bonchev–Trinajstić information content (AvgIpc) is 2.92. The van der Waals surface area contributed by atoms with E-state index in [1.807, 2.05) is 6.92 Å². The quantitative estimate of drug-likeness (QED) is 0.640. The fraction of sp³-hybridized carbons (Fsp3) is 0.818. The lowest BCUT2D eigenvalue weighted by atomic mass is 9.45. The standard InChI is InChI=1S/C22H32O7S/c1-20-8-6-14(24)10-13(20)4-5-15-16-7-9-22(26,18(25)12-23)21(16,2)11-17(19(15)20)29-30(3,27)28/h10,15-17,19,23,26H,4-9,11-12H2,1-3H3/t15-,16-,17-,19+,20-,21-,22-/m0/s1. The summed E-state index contributed by atoms with van der Waals surface area (Å²) in [6, 6.07) is 0. The van der Waals surface area contributed by atoms with Crippen molar-refractivity contribution in [2.24, 2.45) is 28.6 Å². The van der Waals surface area contributed by atoms with Gasteiger partial charge in [-0.05, 0) is 67.8 Å². The van der Waals surface area contributed by atoms with Gasteiger partial charge < -0.3 is 10.2 Å². The summed E-state index contributed by atoms with van der Waals surface area (Å²) in [6.45, 7) is 3.23. The topological polar surface area (TPSA) is 118 Å². The van der Waals surface area contributed by atoms with Gasteiger partial charge in [0.25, 0.3) is 10.1 Å². The summed E-state index contributed by atoms with van der Waals surface area (Å²) in [7, 11) is -3.77. The van der Waals surface area contributed by atoms with Crippen molar-refractivity contribution in [1.82, 2.24) is 0 Å². The summed E-state index contributed by atoms with van der Waals surface area (Å²) in [5, 5.41) is 20.9. The maximum Gasteiger partial charge on any atom is 0.264 e. The summed E-state index contributed by atoms with van der Waals surface area (Å²) < 4.78 is 30.0. The van der Waals surface area contributed by atoms with Crippen LogP contribution >= 0.6 is 0 Å². The Labute approximate surface area is 178 Å². The minimum absolute atomic E-state index is 0.0263. The van der Waals surface area contributed by atoms with Crippen LogP contribution in [0, 0.1) is 28.6 Å². The predicted molar refractivity (Wildman–Crippen MR) is 109 cm³/mol. The molecule has 7 atom stereocenters. The number of ketones is 2. The van der Waals surface area contributed by atoms with Gasteiger partial charge in [0.1, 0.15) is 12.2 Å². The highest BCUT2D eigenvalue weighted by Gasteiger charge is 2.68. The maximum atomic E-state index is 12.6. The number of hydrogen-bond donors (Lipinski definition) is 2. The molecule has 0 radical (unpaired) electrons. The molecule has 0 aromatic heterocycles. The zero-order valence-corrected chi connectivity index (χ0v) is 18.7. The summed E-state index contributed by atoms with van der Waals surface area (Å²) >= 11 is 0. The van der Waals surface area contributed by atoms with Crippen molar-refractivity contribution in [1.29, 1.82) is 0 Å². The van der Waals surface area contributed by atoms with Crippen molar-refractivity contribution in [2.45, 2.75) is 70.5 Å². The van der Waals surface area contributed by atoms with Gasteiger partial charge in [-0.25, -0.2) is 0 Å². The lowest BCUT2D eigenvalue weighted by molar-refractivity contribution is -0.178. The van der Waals surface area contributed by atoms with Crippen molar-refractivity contribution in [3.05, 3.63) is 11.6 Å². The first-order valence-corrected chi connectivity index (χ1v) is 12.7. The Kier molecular flexibility index (Phi) is 5.13. The van der Waals surface area contributed by atoms with E-state index in [2.05, 4.69) is 6.92 Å². The van der Waals surface area contributed by atoms with Crippen LogP contribution in [0.5, 0.6) is 0 Å². The molecule has 168 valence electrons. The van der Waals surface area contributed by atoms with Crippen molar-refractivity contribution in [2.75, 3.05) is 12.9 Å². The molecule has 0 bridgehead atoms. The monoisotopic (exact) mass is 440 g/mol. The SMILES string of the molecule is C[C@]12CCC(=O)C=C1CC[C@@H]1[C@@H]2[C@@H](OS(C)(=O)=O)C[C@@]2(C)[C@H]1CC[C@]2(O)C(=O)CO. The highest BCUT2D eigenvalue weighted by molar-refractivity contribution is 7.86. The van der Waals surface area contributed by atoms with E-state index in [1.54, 1.807) is 6.08 Å². The largest absolute Gasteiger partial charge is 0.388 e. The lowest BCUT2D eigenvalue weighted by Gasteiger charge is -2.61. The third-order valence-electron chi connectivity index (χ3n) is 8.93. The molecule has 30 heavy (non-hydrogen) atoms. The molecule has 0 amide bonds. The van der Waals surface area contributed by atoms with Gasteiger partial charge in [0.2, 0.25) is 0 Å². The fourth-order valence-electron chi connectivity index (χ4n) is 7.56. The average molecular weight is 441 g/mol. The second-order valence-electron chi connectivity index (χ2n) is 10.3. The molecule has 4 aliphatic rings. The van der Waals surface area contributed by atoms with Gasteiger partial charge in [0.15, 0.2) is 11.6 Å². The smallest absolute Gasteiger partial charge is 0.264 e. The molecular weight excluding hydrogens is 408 g/mol. The summed E-state index contributed by atoms with van der Waals surface area (Å²) in [5.74, 6) is -0.490. The molecule has 4 aliphatic carbocycles. The van der Waals surface area contributed by atoms with Crippen LogP contribution in [0.25, 0.3) is 0 Å². The molecule has 7 nitrogen and oxygen atoms in total. The number of Topliss-reactive ketones (excluding diaryl/α,β-unsaturated/α-hetero) is 1. The number of hydrogen-bond acceptors (Lipinski definition) is 7. The third kappa shape index (κ3) is 3.05. The van der Waals surface area contributed by atoms with Gasteiger partial charge in [-0.2, -0.15) is 8.42 Å². The molecule has 0 spiro atoms. The van der Waals surface area contributed by atoms with Gasteiger partial charge in [-0.15, -0.1) is 0 Å². The van der Waals surface area contributed by atoms with Crippen LogP contribution in [0.15, 0.2) is 11.6 Å². The zero-order valence-electron chi connectivity index (χ0n) is 17.9. The molecule has 8 heteroatoms. The molecule has 0 unspecified atom stereocenters. The van der Waals surface area contributed by atoms with Crippen LogP contribution in [0.1, 0.15) is 58.8 Å². The zero-order chi connectivity index (χ0) is 22.1. The van der Waals surface area contributed by atoms with Gasteiger partial charge in [-0.1, -0.05) is 19.4 Å². The fourth-order valence-corrected chi connectivity index (χ4v) is 8.20. The normalized spacial score (nSPS) is 45.9. The second kappa shape index (κ2) is 6.95. The van der Waals surface area contributed by atoms with E-state index in [0.29, 0.717) is 19.3 Å². The summed E-state index contributed by atoms with van der Waals surface area (Å²) in [6.07, 6.45) is 5.85. The second-order valence-corrected chi connectivity index (χ2v) is 11.9. The Morgan fingerprint density at radius 3 is 2.57 bits per heavy atom. The molecule has 2 N–H and O–H groups in total. The number of allylic oxidation sites excluding steroid dienone is 1. The Hall–Kier alpha value is -1.09. The summed E-state index contributed by atoms with van der Waals surface area (Å²) in [4.78, 5) is 24.6. The molecule has 0 heterocycles. The van der Waals surface area contributed by atoms with E-state index in [1.165, 1.54) is 0 Å². The molecule has 4 rings (SSSR count). The van der Waals surface area contributed by atoms with E-state index in [9.17, 15) is 28.2 Å². The van der Waals surface area contributed by atoms with Gasteiger partial charge >= 0.3 is 0 Å². The van der Waals surface area contributed by atoms with E-state index in [-0.39, 0.29) is 41.8 Å². The summed E-state index contributed by atoms with van der Waals surface area (Å²) in [5.41, 5.74) is -1.82. The first-order chi connectivity index (χ1) is 13.9. The van der Waals surface area contributed by atoms with Crippen LogP contribution in [0.2, 0.25) is 0 Å². The van der Waals surface area contributed by atoms with Crippen LogP contribution in [-0.2, 0) is 23.9 Å². The highest BCUT2D eigenvalue weighted by atomic mass is 32.2. The van der Waals surface area contributed by atoms with Gasteiger partial charge in [0.05, 0.1) is 12.4 Å². The van der Waals surface area contributed by atoms with Crippen LogP contribution in [0.4, 0.5) is 0 Å². The molecule has 0 saturated heterocycles.